The zero-order valence-corrected chi connectivity index (χ0v) is 22.1. The molecule has 0 unspecified atom stereocenters. The fraction of sp³-hybridized carbons (Fsp3) is 0.524. The van der Waals surface area contributed by atoms with Gasteiger partial charge in [-0.1, -0.05) is 24.7 Å². The average Bonchev–Trinajstić information content (AvgIpc) is 3.31. The van der Waals surface area contributed by atoms with E-state index in [2.05, 4.69) is 4.98 Å². The van der Waals surface area contributed by atoms with Gasteiger partial charge in [-0.2, -0.15) is 13.2 Å². The van der Waals surface area contributed by atoms with Crippen LogP contribution >= 0.6 is 11.3 Å². The number of alkyl halides is 3. The molecule has 1 aromatic heterocycles. The molecule has 0 saturated carbocycles. The highest BCUT2D eigenvalue weighted by Gasteiger charge is 2.31. The van der Waals surface area contributed by atoms with Gasteiger partial charge >= 0.3 is 6.18 Å². The van der Waals surface area contributed by atoms with Gasteiger partial charge in [-0.05, 0) is 24.6 Å². The van der Waals surface area contributed by atoms with E-state index in [-0.39, 0.29) is 39.3 Å². The molecule has 200 valence electrons. The van der Waals surface area contributed by atoms with Crippen molar-refractivity contribution in [3.63, 3.8) is 0 Å². The Morgan fingerprint density at radius 2 is 1.81 bits per heavy atom. The molecule has 1 aliphatic heterocycles. The van der Waals surface area contributed by atoms with Gasteiger partial charge in [0.2, 0.25) is 0 Å². The third kappa shape index (κ3) is 7.09. The molecule has 2 heterocycles. The van der Waals surface area contributed by atoms with Crippen molar-refractivity contribution in [2.24, 2.45) is 0 Å². The summed E-state index contributed by atoms with van der Waals surface area (Å²) >= 11 is 1.05. The second-order valence-electron chi connectivity index (χ2n) is 8.25. The van der Waals surface area contributed by atoms with Crippen molar-refractivity contribution in [3.05, 3.63) is 30.0 Å². The maximum absolute atomic E-state index is 13.2. The van der Waals surface area contributed by atoms with Gasteiger partial charge in [-0.15, -0.1) is 0 Å². The van der Waals surface area contributed by atoms with Crippen molar-refractivity contribution < 1.29 is 39.5 Å². The van der Waals surface area contributed by atoms with Gasteiger partial charge in [0.1, 0.15) is 9.96 Å². The molecule has 1 amide bonds. The summed E-state index contributed by atoms with van der Waals surface area (Å²) in [5.74, 6) is -0.994. The molecule has 9 nitrogen and oxygen atoms in total. The van der Waals surface area contributed by atoms with Gasteiger partial charge in [0.25, 0.3) is 5.91 Å². The predicted molar refractivity (Wildman–Crippen MR) is 128 cm³/mol. The number of thiazole rings is 1. The van der Waals surface area contributed by atoms with Crippen molar-refractivity contribution >= 4 is 42.1 Å². The van der Waals surface area contributed by atoms with E-state index in [9.17, 15) is 34.8 Å². The molecule has 0 spiro atoms. The van der Waals surface area contributed by atoms with E-state index in [0.717, 1.165) is 42.2 Å². The highest BCUT2D eigenvalue weighted by Crippen LogP contribution is 2.30. The quantitative estimate of drug-likeness (QED) is 0.453. The summed E-state index contributed by atoms with van der Waals surface area (Å²) in [6.07, 6.45) is -1.10. The summed E-state index contributed by atoms with van der Waals surface area (Å²) in [5, 5.41) is 0.491. The number of ether oxygens (including phenoxy) is 1. The van der Waals surface area contributed by atoms with Crippen LogP contribution in [0.3, 0.4) is 0 Å². The number of carbonyl (C=O) groups excluding carboxylic acids is 1. The molecule has 0 atom stereocenters. The summed E-state index contributed by atoms with van der Waals surface area (Å²) in [5.41, 5.74) is -0.283. The minimum atomic E-state index is -4.64. The predicted octanol–water partition coefficient (Wildman–Crippen LogP) is 3.02. The van der Waals surface area contributed by atoms with Crippen molar-refractivity contribution in [1.82, 2.24) is 9.88 Å². The van der Waals surface area contributed by atoms with E-state index in [1.165, 1.54) is 11.1 Å². The standard InChI is InChI=1S/C21H26F3N3O6S3/c1-3-4-11-36(31,32)18-13-25-20(34-18)27-9-7-26(8-10-27)19(28)16-12-15(35(2,29)30)5-6-17(16)33-14-21(22,23)24/h5-6,12-13H,3-4,7-11,14H2,1-2H3. The molecule has 1 fully saturated rings. The van der Waals surface area contributed by atoms with Crippen molar-refractivity contribution in [3.8, 4) is 5.75 Å². The van der Waals surface area contributed by atoms with E-state index in [0.29, 0.717) is 24.6 Å². The molecular weight excluding hydrogens is 543 g/mol. The fourth-order valence-corrected chi connectivity index (χ4v) is 6.85. The number of carbonyl (C=O) groups is 1. The number of nitrogens with zero attached hydrogens (tertiary/aromatic N) is 3. The van der Waals surface area contributed by atoms with Gasteiger partial charge in [0.15, 0.2) is 31.4 Å². The Bertz CT molecular complexity index is 1300. The molecule has 3 rings (SSSR count). The van der Waals surface area contributed by atoms with Gasteiger partial charge in [-0.25, -0.2) is 21.8 Å². The number of sulfone groups is 2. The molecular formula is C21H26F3N3O6S3. The number of rotatable bonds is 9. The number of piperazine rings is 1. The van der Waals surface area contributed by atoms with E-state index in [4.69, 9.17) is 4.74 Å². The van der Waals surface area contributed by atoms with Crippen LogP contribution in [0.4, 0.5) is 18.3 Å². The summed E-state index contributed by atoms with van der Waals surface area (Å²) in [4.78, 5) is 20.4. The van der Waals surface area contributed by atoms with Crippen LogP contribution in [0.1, 0.15) is 30.1 Å². The SMILES string of the molecule is CCCCS(=O)(=O)c1cnc(N2CCN(C(=O)c3cc(S(C)(=O)=O)ccc3OCC(F)(F)F)CC2)s1. The second-order valence-corrected chi connectivity index (χ2v) is 13.6. The fourth-order valence-electron chi connectivity index (χ4n) is 3.44. The smallest absolute Gasteiger partial charge is 0.422 e. The number of hydrogen-bond acceptors (Lipinski definition) is 9. The number of unbranched alkanes of at least 4 members (excludes halogenated alkanes) is 1. The van der Waals surface area contributed by atoms with E-state index in [1.807, 2.05) is 11.8 Å². The molecule has 0 bridgehead atoms. The lowest BCUT2D eigenvalue weighted by molar-refractivity contribution is -0.153. The first kappa shape index (κ1) is 28.2. The Hall–Kier alpha value is -2.39. The van der Waals surface area contributed by atoms with Crippen LogP contribution in [-0.2, 0) is 19.7 Å². The lowest BCUT2D eigenvalue weighted by Gasteiger charge is -2.34. The molecule has 1 saturated heterocycles. The molecule has 1 aliphatic rings. The Kier molecular flexibility index (Phi) is 8.55. The minimum Gasteiger partial charge on any atom is -0.483 e. The van der Waals surface area contributed by atoms with Crippen LogP contribution in [0.15, 0.2) is 33.5 Å². The van der Waals surface area contributed by atoms with Crippen LogP contribution < -0.4 is 9.64 Å². The largest absolute Gasteiger partial charge is 0.483 e. The third-order valence-corrected chi connectivity index (χ3v) is 9.90. The molecule has 15 heteroatoms. The topological polar surface area (TPSA) is 114 Å². The van der Waals surface area contributed by atoms with Crippen LogP contribution in [0.2, 0.25) is 0 Å². The Labute approximate surface area is 211 Å². The molecule has 0 N–H and O–H groups in total. The Morgan fingerprint density at radius 1 is 1.14 bits per heavy atom. The number of hydrogen-bond donors (Lipinski definition) is 0. The van der Waals surface area contributed by atoms with Gasteiger partial charge < -0.3 is 14.5 Å². The highest BCUT2D eigenvalue weighted by molar-refractivity contribution is 7.93. The van der Waals surface area contributed by atoms with Crippen LogP contribution in [0, 0.1) is 0 Å². The van der Waals surface area contributed by atoms with Gasteiger partial charge in [0, 0.05) is 32.4 Å². The Balaban J connectivity index is 1.75. The second kappa shape index (κ2) is 10.9. The molecule has 36 heavy (non-hydrogen) atoms. The maximum Gasteiger partial charge on any atom is 0.422 e. The lowest BCUT2D eigenvalue weighted by atomic mass is 10.1. The summed E-state index contributed by atoms with van der Waals surface area (Å²) in [6, 6.07) is 3.15. The van der Waals surface area contributed by atoms with Crippen molar-refractivity contribution in [2.45, 2.75) is 35.0 Å². The molecule has 2 aromatic rings. The number of aromatic nitrogens is 1. The zero-order chi connectivity index (χ0) is 26.7. The lowest BCUT2D eigenvalue weighted by Crippen LogP contribution is -2.48. The summed E-state index contributed by atoms with van der Waals surface area (Å²) in [7, 11) is -7.14. The summed E-state index contributed by atoms with van der Waals surface area (Å²) < 4.78 is 91.7. The number of benzene rings is 1. The van der Waals surface area contributed by atoms with E-state index >= 15 is 0 Å². The first-order valence-corrected chi connectivity index (χ1v) is 15.3. The minimum absolute atomic E-state index is 0.0404. The normalized spacial score (nSPS) is 15.2. The number of anilines is 1. The zero-order valence-electron chi connectivity index (χ0n) is 19.6. The molecule has 1 aromatic carbocycles. The first-order valence-electron chi connectivity index (χ1n) is 11.0. The van der Waals surface area contributed by atoms with Crippen LogP contribution in [0.25, 0.3) is 0 Å². The molecule has 0 aliphatic carbocycles. The first-order chi connectivity index (χ1) is 16.7. The van der Waals surface area contributed by atoms with E-state index < -0.39 is 38.4 Å². The maximum atomic E-state index is 13.2. The van der Waals surface area contributed by atoms with Crippen LogP contribution in [0.5, 0.6) is 5.75 Å². The van der Waals surface area contributed by atoms with E-state index in [1.54, 1.807) is 0 Å². The average molecular weight is 570 g/mol. The number of halogens is 3. The monoisotopic (exact) mass is 569 g/mol. The third-order valence-electron chi connectivity index (χ3n) is 5.38. The van der Waals surface area contributed by atoms with Gasteiger partial charge in [-0.3, -0.25) is 4.79 Å². The molecule has 0 radical (unpaired) electrons. The van der Waals surface area contributed by atoms with Gasteiger partial charge in [0.05, 0.1) is 22.4 Å². The Morgan fingerprint density at radius 3 is 2.39 bits per heavy atom. The number of amides is 1. The van der Waals surface area contributed by atoms with Crippen molar-refractivity contribution in [1.29, 1.82) is 0 Å². The van der Waals surface area contributed by atoms with Crippen molar-refractivity contribution in [2.75, 3.05) is 49.7 Å². The van der Waals surface area contributed by atoms with Crippen LogP contribution in [-0.4, -0.2) is 83.6 Å². The summed E-state index contributed by atoms with van der Waals surface area (Å²) in [6.45, 7) is 1.21. The highest BCUT2D eigenvalue weighted by atomic mass is 32.2.